The minimum absolute atomic E-state index is 0.956. The maximum absolute atomic E-state index is 4.07. The average molecular weight is 135 g/mol. The van der Waals surface area contributed by atoms with Crippen molar-refractivity contribution in [3.63, 3.8) is 0 Å². The predicted octanol–water partition coefficient (Wildman–Crippen LogP) is 1.49. The smallest absolute Gasteiger partial charge is 0.143 e. The first-order valence-electron chi connectivity index (χ1n) is 2.54. The summed E-state index contributed by atoms with van der Waals surface area (Å²) in [5.41, 5.74) is 0. The van der Waals surface area contributed by atoms with Crippen LogP contribution in [-0.2, 0) is 0 Å². The molecule has 0 unspecified atom stereocenters. The van der Waals surface area contributed by atoms with Gasteiger partial charge in [-0.3, -0.25) is 0 Å². The lowest BCUT2D eigenvalue weighted by Crippen LogP contribution is -1.65. The van der Waals surface area contributed by atoms with E-state index in [1.165, 1.54) is 11.5 Å². The molecule has 0 aromatic carbocycles. The van der Waals surface area contributed by atoms with E-state index in [4.69, 9.17) is 0 Å². The van der Waals surface area contributed by atoms with Crippen LogP contribution in [0.3, 0.4) is 0 Å². The van der Waals surface area contributed by atoms with Crippen LogP contribution < -0.4 is 0 Å². The molecule has 0 spiro atoms. The SMILES string of the molecule is [c]1ccnc2sncc12. The summed E-state index contributed by atoms with van der Waals surface area (Å²) in [4.78, 5) is 5.02. The molecule has 2 aromatic rings. The van der Waals surface area contributed by atoms with Crippen LogP contribution in [-0.4, -0.2) is 9.36 Å². The fourth-order valence-corrected chi connectivity index (χ4v) is 1.23. The number of fused-ring (bicyclic) bond motifs is 1. The summed E-state index contributed by atoms with van der Waals surface area (Å²) in [7, 11) is 0. The summed E-state index contributed by atoms with van der Waals surface area (Å²) in [6, 6.07) is 4.80. The van der Waals surface area contributed by atoms with Gasteiger partial charge in [-0.1, -0.05) is 0 Å². The van der Waals surface area contributed by atoms with E-state index in [0.717, 1.165) is 10.2 Å². The highest BCUT2D eigenvalue weighted by molar-refractivity contribution is 7.12. The van der Waals surface area contributed by atoms with Crippen molar-refractivity contribution >= 4 is 21.7 Å². The first-order valence-corrected chi connectivity index (χ1v) is 3.31. The standard InChI is InChI=1S/C6H3N2S/c1-2-5-4-8-9-6(5)7-3-1/h1,3-4H. The summed E-state index contributed by atoms with van der Waals surface area (Å²) in [6.45, 7) is 0. The summed E-state index contributed by atoms with van der Waals surface area (Å²) in [6.07, 6.45) is 3.49. The fraction of sp³-hybridized carbons (Fsp3) is 0. The van der Waals surface area contributed by atoms with Crippen molar-refractivity contribution in [1.29, 1.82) is 0 Å². The molecule has 0 N–H and O–H groups in total. The third-order valence-corrected chi connectivity index (χ3v) is 1.77. The highest BCUT2D eigenvalue weighted by Crippen LogP contribution is 2.11. The topological polar surface area (TPSA) is 25.8 Å². The van der Waals surface area contributed by atoms with Crippen molar-refractivity contribution in [2.75, 3.05) is 0 Å². The third kappa shape index (κ3) is 0.695. The Morgan fingerprint density at radius 3 is 3.44 bits per heavy atom. The third-order valence-electron chi connectivity index (χ3n) is 1.06. The van der Waals surface area contributed by atoms with Gasteiger partial charge in [-0.25, -0.2) is 4.98 Å². The van der Waals surface area contributed by atoms with Gasteiger partial charge < -0.3 is 0 Å². The summed E-state index contributed by atoms with van der Waals surface area (Å²) < 4.78 is 3.95. The van der Waals surface area contributed by atoms with E-state index >= 15 is 0 Å². The Labute approximate surface area is 56.3 Å². The Morgan fingerprint density at radius 1 is 1.56 bits per heavy atom. The van der Waals surface area contributed by atoms with Gasteiger partial charge in [0.15, 0.2) is 0 Å². The van der Waals surface area contributed by atoms with Gasteiger partial charge in [0.25, 0.3) is 0 Å². The zero-order valence-corrected chi connectivity index (χ0v) is 5.35. The van der Waals surface area contributed by atoms with Crippen LogP contribution in [0, 0.1) is 6.07 Å². The molecule has 0 atom stereocenters. The number of hydrogen-bond acceptors (Lipinski definition) is 3. The molecular formula is C6H3N2S. The number of aromatic nitrogens is 2. The summed E-state index contributed by atoms with van der Waals surface area (Å²) in [5, 5.41) is 1.00. The molecule has 0 aliphatic carbocycles. The van der Waals surface area contributed by atoms with Crippen molar-refractivity contribution in [1.82, 2.24) is 9.36 Å². The molecule has 2 rings (SSSR count). The van der Waals surface area contributed by atoms with Crippen LogP contribution in [0.15, 0.2) is 18.5 Å². The molecular weight excluding hydrogens is 132 g/mol. The van der Waals surface area contributed by atoms with E-state index in [1.807, 2.05) is 0 Å². The zero-order valence-electron chi connectivity index (χ0n) is 4.53. The van der Waals surface area contributed by atoms with Crippen molar-refractivity contribution in [3.05, 3.63) is 24.5 Å². The molecule has 1 radical (unpaired) electrons. The van der Waals surface area contributed by atoms with Crippen LogP contribution in [0.1, 0.15) is 0 Å². The highest BCUT2D eigenvalue weighted by atomic mass is 32.1. The largest absolute Gasteiger partial charge is 0.244 e. The maximum Gasteiger partial charge on any atom is 0.143 e. The first kappa shape index (κ1) is 4.88. The van der Waals surface area contributed by atoms with Crippen LogP contribution in [0.2, 0.25) is 0 Å². The van der Waals surface area contributed by atoms with E-state index in [1.54, 1.807) is 18.5 Å². The van der Waals surface area contributed by atoms with Crippen molar-refractivity contribution in [2.45, 2.75) is 0 Å². The molecule has 0 aliphatic rings. The molecule has 0 saturated heterocycles. The van der Waals surface area contributed by atoms with Gasteiger partial charge in [0.2, 0.25) is 0 Å². The minimum atomic E-state index is 0.956. The molecule has 0 bridgehead atoms. The average Bonchev–Trinajstić information content (AvgIpc) is 2.33. The number of nitrogens with zero attached hydrogens (tertiary/aromatic N) is 2. The molecule has 2 heterocycles. The van der Waals surface area contributed by atoms with E-state index in [-0.39, 0.29) is 0 Å². The fourth-order valence-electron chi connectivity index (χ4n) is 0.658. The molecule has 2 aromatic heterocycles. The van der Waals surface area contributed by atoms with Crippen molar-refractivity contribution in [2.24, 2.45) is 0 Å². The number of hydrogen-bond donors (Lipinski definition) is 0. The molecule has 2 nitrogen and oxygen atoms in total. The van der Waals surface area contributed by atoms with Gasteiger partial charge in [-0.2, -0.15) is 4.37 Å². The molecule has 0 aliphatic heterocycles. The Balaban J connectivity index is 2.95. The lowest BCUT2D eigenvalue weighted by Gasteiger charge is -1.79. The molecule has 3 heteroatoms. The second kappa shape index (κ2) is 1.77. The van der Waals surface area contributed by atoms with E-state index in [9.17, 15) is 0 Å². The van der Waals surface area contributed by atoms with E-state index in [0.29, 0.717) is 0 Å². The number of pyridine rings is 1. The van der Waals surface area contributed by atoms with E-state index in [2.05, 4.69) is 15.4 Å². The van der Waals surface area contributed by atoms with Crippen molar-refractivity contribution < 1.29 is 0 Å². The lowest BCUT2D eigenvalue weighted by molar-refractivity contribution is 1.44. The quantitative estimate of drug-likeness (QED) is 0.547. The van der Waals surface area contributed by atoms with Gasteiger partial charge in [0, 0.05) is 11.6 Å². The minimum Gasteiger partial charge on any atom is -0.244 e. The molecule has 9 heavy (non-hydrogen) atoms. The first-order chi connectivity index (χ1) is 4.47. The molecule has 43 valence electrons. The van der Waals surface area contributed by atoms with Crippen LogP contribution in [0.4, 0.5) is 0 Å². The molecule has 0 saturated carbocycles. The van der Waals surface area contributed by atoms with Gasteiger partial charge in [0.05, 0.1) is 6.20 Å². The van der Waals surface area contributed by atoms with Gasteiger partial charge >= 0.3 is 0 Å². The maximum atomic E-state index is 4.07. The monoisotopic (exact) mass is 135 g/mol. The molecule has 0 amide bonds. The second-order valence-corrected chi connectivity index (χ2v) is 2.41. The predicted molar refractivity (Wildman–Crippen MR) is 36.3 cm³/mol. The lowest BCUT2D eigenvalue weighted by atomic mass is 10.4. The van der Waals surface area contributed by atoms with Gasteiger partial charge in [0.1, 0.15) is 4.83 Å². The Bertz CT molecular complexity index is 285. The molecule has 0 fully saturated rings. The van der Waals surface area contributed by atoms with Crippen LogP contribution in [0.25, 0.3) is 10.2 Å². The Hall–Kier alpha value is -0.960. The Kier molecular flexibility index (Phi) is 0.960. The summed E-state index contributed by atoms with van der Waals surface area (Å²) >= 11 is 1.39. The normalized spacial score (nSPS) is 10.2. The highest BCUT2D eigenvalue weighted by Gasteiger charge is 1.91. The van der Waals surface area contributed by atoms with E-state index < -0.39 is 0 Å². The zero-order chi connectivity index (χ0) is 6.10. The van der Waals surface area contributed by atoms with Crippen LogP contribution >= 0.6 is 11.5 Å². The van der Waals surface area contributed by atoms with Crippen LogP contribution in [0.5, 0.6) is 0 Å². The van der Waals surface area contributed by atoms with Gasteiger partial charge in [-0.15, -0.1) is 0 Å². The van der Waals surface area contributed by atoms with Crippen molar-refractivity contribution in [3.8, 4) is 0 Å². The second-order valence-electron chi connectivity index (χ2n) is 1.63. The summed E-state index contributed by atoms with van der Waals surface area (Å²) in [5.74, 6) is 0. The number of rotatable bonds is 0. The Morgan fingerprint density at radius 2 is 2.56 bits per heavy atom. The van der Waals surface area contributed by atoms with Gasteiger partial charge in [-0.05, 0) is 23.7 Å².